The number of carboxylic acid groups (broad SMARTS) is 1. The number of nitrogens with one attached hydrogen (secondary N) is 1. The second-order valence-electron chi connectivity index (χ2n) is 9.97. The molecule has 2 N–H and O–H groups in total. The van der Waals surface area contributed by atoms with Crippen LogP contribution >= 0.6 is 0 Å². The Morgan fingerprint density at radius 2 is 1.30 bits per heavy atom. The summed E-state index contributed by atoms with van der Waals surface area (Å²) in [5.41, 5.74) is 1.96. The van der Waals surface area contributed by atoms with Crippen molar-refractivity contribution in [2.75, 3.05) is 31.5 Å². The van der Waals surface area contributed by atoms with Crippen LogP contribution in [-0.4, -0.2) is 64.7 Å². The number of nitrogens with zero attached hydrogens (tertiary/aromatic N) is 2. The first-order valence-corrected chi connectivity index (χ1v) is 13.7. The van der Waals surface area contributed by atoms with Gasteiger partial charge in [0.15, 0.2) is 0 Å². The van der Waals surface area contributed by atoms with Crippen molar-refractivity contribution in [2.24, 2.45) is 0 Å². The van der Waals surface area contributed by atoms with Gasteiger partial charge in [-0.25, -0.2) is 4.79 Å². The zero-order valence-corrected chi connectivity index (χ0v) is 23.2. The van der Waals surface area contributed by atoms with Crippen LogP contribution < -0.4 is 14.8 Å². The Morgan fingerprint density at radius 3 is 1.88 bits per heavy atom. The van der Waals surface area contributed by atoms with Crippen molar-refractivity contribution in [3.63, 3.8) is 0 Å². The van der Waals surface area contributed by atoms with E-state index in [4.69, 9.17) is 9.47 Å². The number of aliphatic carboxylic acids is 1. The number of amides is 2. The summed E-state index contributed by atoms with van der Waals surface area (Å²) in [6, 6.07) is 30.4. The van der Waals surface area contributed by atoms with Gasteiger partial charge >= 0.3 is 17.7 Å². The van der Waals surface area contributed by atoms with Crippen LogP contribution in [0.2, 0.25) is 0 Å². The van der Waals surface area contributed by atoms with E-state index >= 15 is 4.39 Å². The number of piperazine rings is 1. The molecule has 5 rings (SSSR count). The van der Waals surface area contributed by atoms with Crippen LogP contribution in [0.4, 0.5) is 10.1 Å². The van der Waals surface area contributed by atoms with Gasteiger partial charge in [-0.15, -0.1) is 0 Å². The Balaban J connectivity index is 1.13. The lowest BCUT2D eigenvalue weighted by atomic mass is 10.1. The Morgan fingerprint density at radius 1 is 0.744 bits per heavy atom. The normalized spacial score (nSPS) is 14.8. The summed E-state index contributed by atoms with van der Waals surface area (Å²) in [5.74, 6) is -6.45. The second kappa shape index (κ2) is 13.2. The van der Waals surface area contributed by atoms with E-state index in [1.54, 1.807) is 30.3 Å². The molecule has 43 heavy (non-hydrogen) atoms. The van der Waals surface area contributed by atoms with Gasteiger partial charge in [0.25, 0.3) is 5.91 Å². The van der Waals surface area contributed by atoms with Gasteiger partial charge in [0.1, 0.15) is 17.2 Å². The Hall–Kier alpha value is -5.22. The van der Waals surface area contributed by atoms with E-state index in [1.807, 2.05) is 23.1 Å². The number of rotatable bonds is 10. The lowest BCUT2D eigenvalue weighted by Crippen LogP contribution is -2.50. The number of hydrogen-bond donors (Lipinski definition) is 2. The molecule has 0 radical (unpaired) electrons. The molecule has 1 fully saturated rings. The van der Waals surface area contributed by atoms with Crippen molar-refractivity contribution >= 4 is 23.5 Å². The first kappa shape index (κ1) is 29.3. The number of ether oxygens (including phenoxy) is 2. The van der Waals surface area contributed by atoms with Gasteiger partial charge in [-0.2, -0.15) is 4.39 Å². The summed E-state index contributed by atoms with van der Waals surface area (Å²) in [4.78, 5) is 41.3. The van der Waals surface area contributed by atoms with E-state index in [2.05, 4.69) is 22.3 Å². The van der Waals surface area contributed by atoms with E-state index in [-0.39, 0.29) is 17.3 Å². The topological polar surface area (TPSA) is 108 Å². The van der Waals surface area contributed by atoms with Crippen LogP contribution in [0.5, 0.6) is 17.2 Å². The molecule has 220 valence electrons. The first-order chi connectivity index (χ1) is 20.8. The largest absolute Gasteiger partial charge is 0.476 e. The van der Waals surface area contributed by atoms with Crippen molar-refractivity contribution in [3.05, 3.63) is 120 Å². The van der Waals surface area contributed by atoms with E-state index in [1.165, 1.54) is 54.1 Å². The maximum absolute atomic E-state index is 15.1. The third-order valence-electron chi connectivity index (χ3n) is 6.93. The molecule has 0 bridgehead atoms. The summed E-state index contributed by atoms with van der Waals surface area (Å²) in [7, 11) is 0. The van der Waals surface area contributed by atoms with Crippen LogP contribution in [0, 0.1) is 0 Å². The highest BCUT2D eigenvalue weighted by Crippen LogP contribution is 2.26. The summed E-state index contributed by atoms with van der Waals surface area (Å²) in [5, 5.41) is 11.6. The SMILES string of the molecule is O=C(c1ccc(Oc2ccc(NC(=O)C(F)(Oc3ccccc3)C(=O)O)cc2)cc1)N1CCN(Cc2ccccc2)CC1. The van der Waals surface area contributed by atoms with Gasteiger partial charge in [0.05, 0.1) is 0 Å². The Labute approximate surface area is 248 Å². The molecule has 0 aromatic heterocycles. The average molecular weight is 584 g/mol. The molecule has 0 saturated carbocycles. The number of carbonyl (C=O) groups excluding carboxylic acids is 2. The van der Waals surface area contributed by atoms with Gasteiger partial charge in [-0.3, -0.25) is 14.5 Å². The van der Waals surface area contributed by atoms with Crippen LogP contribution in [0.15, 0.2) is 109 Å². The molecule has 4 aromatic carbocycles. The number of anilines is 1. The minimum atomic E-state index is -3.63. The first-order valence-electron chi connectivity index (χ1n) is 13.7. The monoisotopic (exact) mass is 583 g/mol. The van der Waals surface area contributed by atoms with Crippen LogP contribution in [0.25, 0.3) is 0 Å². The van der Waals surface area contributed by atoms with Crippen molar-refractivity contribution in [3.8, 4) is 17.2 Å². The van der Waals surface area contributed by atoms with E-state index in [0.29, 0.717) is 30.2 Å². The average Bonchev–Trinajstić information content (AvgIpc) is 3.03. The van der Waals surface area contributed by atoms with Gasteiger partial charge in [0, 0.05) is 44.0 Å². The highest BCUT2D eigenvalue weighted by atomic mass is 19.2. The van der Waals surface area contributed by atoms with Crippen molar-refractivity contribution in [1.82, 2.24) is 9.80 Å². The minimum Gasteiger partial charge on any atom is -0.476 e. The van der Waals surface area contributed by atoms with Crippen LogP contribution in [0.3, 0.4) is 0 Å². The summed E-state index contributed by atoms with van der Waals surface area (Å²) in [6.07, 6.45) is 0. The third-order valence-corrected chi connectivity index (χ3v) is 6.93. The van der Waals surface area contributed by atoms with Gasteiger partial charge in [-0.05, 0) is 66.2 Å². The van der Waals surface area contributed by atoms with Gasteiger partial charge in [0.2, 0.25) is 0 Å². The standard InChI is InChI=1S/C33H30FN3O6/c34-33(32(40)41,43-29-9-5-2-6-10-29)31(39)35-26-13-17-28(18-14-26)42-27-15-11-25(12-16-27)30(38)37-21-19-36(20-22-37)23-24-7-3-1-4-8-24/h1-18H,19-23H2,(H,35,39)(H,40,41). The molecular formula is C33H30FN3O6. The minimum absolute atomic E-state index is 0.0347. The maximum atomic E-state index is 15.1. The molecular weight excluding hydrogens is 553 g/mol. The van der Waals surface area contributed by atoms with Crippen molar-refractivity contribution < 1.29 is 33.4 Å². The molecule has 1 unspecified atom stereocenters. The summed E-state index contributed by atoms with van der Waals surface area (Å²) < 4.78 is 25.8. The molecule has 1 heterocycles. The fourth-order valence-electron chi connectivity index (χ4n) is 4.59. The molecule has 2 amide bonds. The number of carboxylic acids is 1. The lowest BCUT2D eigenvalue weighted by Gasteiger charge is -2.34. The molecule has 4 aromatic rings. The molecule has 1 atom stereocenters. The fourth-order valence-corrected chi connectivity index (χ4v) is 4.59. The number of carbonyl (C=O) groups is 3. The van der Waals surface area contributed by atoms with Crippen molar-refractivity contribution in [2.45, 2.75) is 12.4 Å². The molecule has 0 spiro atoms. The second-order valence-corrected chi connectivity index (χ2v) is 9.97. The summed E-state index contributed by atoms with van der Waals surface area (Å²) >= 11 is 0. The lowest BCUT2D eigenvalue weighted by molar-refractivity contribution is -0.178. The zero-order valence-electron chi connectivity index (χ0n) is 23.2. The van der Waals surface area contributed by atoms with E-state index in [9.17, 15) is 19.5 Å². The third kappa shape index (κ3) is 7.35. The van der Waals surface area contributed by atoms with Crippen LogP contribution in [-0.2, 0) is 16.1 Å². The highest BCUT2D eigenvalue weighted by molar-refractivity contribution is 6.10. The maximum Gasteiger partial charge on any atom is 0.425 e. The Kier molecular flexibility index (Phi) is 8.97. The zero-order chi connectivity index (χ0) is 30.2. The molecule has 10 heteroatoms. The van der Waals surface area contributed by atoms with Crippen molar-refractivity contribution in [1.29, 1.82) is 0 Å². The molecule has 9 nitrogen and oxygen atoms in total. The quantitative estimate of drug-likeness (QED) is 0.247. The smallest absolute Gasteiger partial charge is 0.425 e. The van der Waals surface area contributed by atoms with Gasteiger partial charge in [-0.1, -0.05) is 48.5 Å². The number of benzene rings is 4. The number of para-hydroxylation sites is 1. The highest BCUT2D eigenvalue weighted by Gasteiger charge is 2.50. The molecule has 1 aliphatic rings. The molecule has 0 aliphatic carbocycles. The predicted molar refractivity (Wildman–Crippen MR) is 158 cm³/mol. The number of hydrogen-bond acceptors (Lipinski definition) is 6. The fraction of sp³-hybridized carbons (Fsp3) is 0.182. The number of alkyl halides is 1. The van der Waals surface area contributed by atoms with E-state index in [0.717, 1.165) is 19.6 Å². The van der Waals surface area contributed by atoms with Crippen LogP contribution in [0.1, 0.15) is 15.9 Å². The molecule has 1 saturated heterocycles. The number of halogens is 1. The van der Waals surface area contributed by atoms with Gasteiger partial charge < -0.3 is 24.8 Å². The molecule has 1 aliphatic heterocycles. The van der Waals surface area contributed by atoms with E-state index < -0.39 is 17.7 Å². The Bertz CT molecular complexity index is 1540. The summed E-state index contributed by atoms with van der Waals surface area (Å²) in [6.45, 7) is 3.79. The predicted octanol–water partition coefficient (Wildman–Crippen LogP) is 5.20.